The van der Waals surface area contributed by atoms with Crippen molar-refractivity contribution in [2.24, 2.45) is 0 Å². The van der Waals surface area contributed by atoms with Gasteiger partial charge in [-0.15, -0.1) is 0 Å². The average molecular weight is 414 g/mol. The highest BCUT2D eigenvalue weighted by Crippen LogP contribution is 2.32. The van der Waals surface area contributed by atoms with E-state index in [0.29, 0.717) is 37.4 Å². The molecule has 1 atom stereocenters. The fourth-order valence-electron chi connectivity index (χ4n) is 2.87. The van der Waals surface area contributed by atoms with E-state index < -0.39 is 10.8 Å². The molecule has 0 radical (unpaired) electrons. The second-order valence-electron chi connectivity index (χ2n) is 5.49. The Hall–Kier alpha value is -1.28. The number of hydrogen-bond acceptors (Lipinski definition) is 5. The minimum Gasteiger partial charge on any atom is -0.372 e. The SMILES string of the molecule is CCOC(CCN1C(=O)c2ccccc2C1=O)C(Br)(OCC)OCC. The number of fused-ring (bicyclic) bond motifs is 1. The normalized spacial score (nSPS) is 15.6. The van der Waals surface area contributed by atoms with Crippen LogP contribution in [0.2, 0.25) is 0 Å². The molecule has 0 saturated heterocycles. The van der Waals surface area contributed by atoms with Gasteiger partial charge in [0.15, 0.2) is 0 Å². The van der Waals surface area contributed by atoms with Gasteiger partial charge in [-0.3, -0.25) is 14.5 Å². The van der Waals surface area contributed by atoms with Crippen molar-refractivity contribution >= 4 is 27.7 Å². The number of halogens is 1. The molecule has 0 N–H and O–H groups in total. The minimum absolute atomic E-state index is 0.227. The second kappa shape index (κ2) is 8.89. The third-order valence-electron chi connectivity index (χ3n) is 3.93. The number of imide groups is 1. The molecular weight excluding hydrogens is 390 g/mol. The summed E-state index contributed by atoms with van der Waals surface area (Å²) in [5.41, 5.74) is 0.889. The van der Waals surface area contributed by atoms with Crippen molar-refractivity contribution < 1.29 is 23.8 Å². The zero-order chi connectivity index (χ0) is 18.4. The van der Waals surface area contributed by atoms with Crippen LogP contribution in [0.5, 0.6) is 0 Å². The van der Waals surface area contributed by atoms with Crippen LogP contribution in [0.4, 0.5) is 0 Å². The Morgan fingerprint density at radius 3 is 1.96 bits per heavy atom. The lowest BCUT2D eigenvalue weighted by Gasteiger charge is -2.35. The van der Waals surface area contributed by atoms with Crippen molar-refractivity contribution in [3.05, 3.63) is 35.4 Å². The van der Waals surface area contributed by atoms with E-state index in [4.69, 9.17) is 14.2 Å². The molecule has 25 heavy (non-hydrogen) atoms. The van der Waals surface area contributed by atoms with Crippen molar-refractivity contribution in [2.75, 3.05) is 26.4 Å². The first-order chi connectivity index (χ1) is 12.0. The molecule has 0 aliphatic carbocycles. The van der Waals surface area contributed by atoms with Crippen LogP contribution in [-0.4, -0.2) is 53.9 Å². The molecule has 7 heteroatoms. The lowest BCUT2D eigenvalue weighted by atomic mass is 10.1. The third kappa shape index (κ3) is 4.28. The van der Waals surface area contributed by atoms with Crippen LogP contribution >= 0.6 is 15.9 Å². The number of carbonyl (C=O) groups is 2. The van der Waals surface area contributed by atoms with Crippen LogP contribution in [-0.2, 0) is 14.2 Å². The van der Waals surface area contributed by atoms with E-state index in [1.54, 1.807) is 24.3 Å². The van der Waals surface area contributed by atoms with Crippen molar-refractivity contribution in [3.63, 3.8) is 0 Å². The standard InChI is InChI=1S/C18H24BrNO5/c1-4-23-15(18(19,24-5-2)25-6-3)11-12-20-16(21)13-9-7-8-10-14(13)17(20)22/h7-10,15H,4-6,11-12H2,1-3H3. The van der Waals surface area contributed by atoms with Gasteiger partial charge < -0.3 is 14.2 Å². The van der Waals surface area contributed by atoms with Gasteiger partial charge in [-0.2, -0.15) is 0 Å². The molecule has 138 valence electrons. The van der Waals surface area contributed by atoms with E-state index in [0.717, 1.165) is 0 Å². The van der Waals surface area contributed by atoms with Gasteiger partial charge in [0.25, 0.3) is 16.5 Å². The van der Waals surface area contributed by atoms with Crippen molar-refractivity contribution in [1.82, 2.24) is 4.90 Å². The van der Waals surface area contributed by atoms with Gasteiger partial charge >= 0.3 is 0 Å². The summed E-state index contributed by atoms with van der Waals surface area (Å²) < 4.78 is 16.1. The van der Waals surface area contributed by atoms with Gasteiger partial charge in [-0.25, -0.2) is 0 Å². The maximum absolute atomic E-state index is 12.5. The molecule has 0 spiro atoms. The highest BCUT2D eigenvalue weighted by atomic mass is 79.9. The number of alkyl halides is 1. The maximum Gasteiger partial charge on any atom is 0.261 e. The van der Waals surface area contributed by atoms with E-state index in [9.17, 15) is 9.59 Å². The number of rotatable bonds is 10. The fourth-order valence-corrected chi connectivity index (χ4v) is 3.69. The Balaban J connectivity index is 2.11. The molecule has 0 fully saturated rings. The molecule has 6 nitrogen and oxygen atoms in total. The summed E-state index contributed by atoms with van der Waals surface area (Å²) in [6.07, 6.45) is -0.0772. The van der Waals surface area contributed by atoms with Crippen LogP contribution < -0.4 is 0 Å². The van der Waals surface area contributed by atoms with E-state index in [1.165, 1.54) is 4.90 Å². The van der Waals surface area contributed by atoms with Crippen molar-refractivity contribution in [3.8, 4) is 0 Å². The molecule has 0 bridgehead atoms. The van der Waals surface area contributed by atoms with Crippen LogP contribution in [0.25, 0.3) is 0 Å². The topological polar surface area (TPSA) is 65.1 Å². The minimum atomic E-state index is -1.11. The Morgan fingerprint density at radius 1 is 1.00 bits per heavy atom. The molecule has 0 saturated carbocycles. The van der Waals surface area contributed by atoms with E-state index in [-0.39, 0.29) is 18.4 Å². The Kier molecular flexibility index (Phi) is 7.13. The molecule has 1 unspecified atom stereocenters. The first-order valence-electron chi connectivity index (χ1n) is 8.52. The summed E-state index contributed by atoms with van der Waals surface area (Å²) in [5.74, 6) is -0.548. The first-order valence-corrected chi connectivity index (χ1v) is 9.31. The number of ether oxygens (including phenoxy) is 3. The summed E-state index contributed by atoms with van der Waals surface area (Å²) >= 11 is 3.48. The molecule has 1 aromatic carbocycles. The molecule has 2 rings (SSSR count). The molecular formula is C18H24BrNO5. The van der Waals surface area contributed by atoms with Crippen LogP contribution in [0, 0.1) is 0 Å². The van der Waals surface area contributed by atoms with Crippen LogP contribution in [0.3, 0.4) is 0 Å². The molecule has 1 aromatic rings. The highest BCUT2D eigenvalue weighted by molar-refractivity contribution is 9.10. The van der Waals surface area contributed by atoms with E-state index >= 15 is 0 Å². The number of amides is 2. The van der Waals surface area contributed by atoms with Gasteiger partial charge in [0, 0.05) is 26.4 Å². The van der Waals surface area contributed by atoms with Gasteiger partial charge in [0.1, 0.15) is 6.10 Å². The van der Waals surface area contributed by atoms with Gasteiger partial charge in [0.05, 0.1) is 11.1 Å². The van der Waals surface area contributed by atoms with Crippen LogP contribution in [0.1, 0.15) is 47.9 Å². The predicted octanol–water partition coefficient (Wildman–Crippen LogP) is 3.20. The summed E-state index contributed by atoms with van der Waals surface area (Å²) in [5, 5.41) is 0. The number of nitrogens with zero attached hydrogens (tertiary/aromatic N) is 1. The molecule has 1 heterocycles. The molecule has 1 aliphatic rings. The summed E-state index contributed by atoms with van der Waals surface area (Å²) in [6.45, 7) is 7.15. The Labute approximate surface area is 156 Å². The van der Waals surface area contributed by atoms with Gasteiger partial charge in [0.2, 0.25) is 0 Å². The monoisotopic (exact) mass is 413 g/mol. The third-order valence-corrected chi connectivity index (χ3v) is 4.90. The number of carbonyl (C=O) groups excluding carboxylic acids is 2. The van der Waals surface area contributed by atoms with Crippen molar-refractivity contribution in [2.45, 2.75) is 38.0 Å². The smallest absolute Gasteiger partial charge is 0.261 e. The second-order valence-corrected chi connectivity index (χ2v) is 6.59. The Morgan fingerprint density at radius 2 is 1.52 bits per heavy atom. The largest absolute Gasteiger partial charge is 0.372 e. The molecule has 2 amide bonds. The van der Waals surface area contributed by atoms with E-state index in [2.05, 4.69) is 15.9 Å². The van der Waals surface area contributed by atoms with E-state index in [1.807, 2.05) is 20.8 Å². The lowest BCUT2D eigenvalue weighted by Crippen LogP contribution is -2.46. The quantitative estimate of drug-likeness (QED) is 0.334. The van der Waals surface area contributed by atoms with Gasteiger partial charge in [-0.05, 0) is 55.3 Å². The summed E-state index contributed by atoms with van der Waals surface area (Å²) in [6, 6.07) is 6.85. The summed E-state index contributed by atoms with van der Waals surface area (Å²) in [4.78, 5) is 26.2. The lowest BCUT2D eigenvalue weighted by molar-refractivity contribution is -0.225. The zero-order valence-electron chi connectivity index (χ0n) is 14.8. The number of hydrogen-bond donors (Lipinski definition) is 0. The average Bonchev–Trinajstić information content (AvgIpc) is 2.84. The zero-order valence-corrected chi connectivity index (χ0v) is 16.4. The fraction of sp³-hybridized carbons (Fsp3) is 0.556. The molecule has 0 aromatic heterocycles. The van der Waals surface area contributed by atoms with Gasteiger partial charge in [-0.1, -0.05) is 12.1 Å². The Bertz CT molecular complexity index is 580. The van der Waals surface area contributed by atoms with Crippen LogP contribution in [0.15, 0.2) is 24.3 Å². The number of benzene rings is 1. The van der Waals surface area contributed by atoms with Crippen molar-refractivity contribution in [1.29, 1.82) is 0 Å². The predicted molar refractivity (Wildman–Crippen MR) is 96.8 cm³/mol. The highest BCUT2D eigenvalue weighted by Gasteiger charge is 2.41. The first kappa shape index (κ1) is 20.0. The summed E-state index contributed by atoms with van der Waals surface area (Å²) in [7, 11) is 0. The maximum atomic E-state index is 12.5. The molecule has 1 aliphatic heterocycles.